The molecular weight excluding hydrogens is 468 g/mol. The zero-order valence-corrected chi connectivity index (χ0v) is 20.6. The van der Waals surface area contributed by atoms with Crippen LogP contribution in [0.3, 0.4) is 0 Å². The van der Waals surface area contributed by atoms with Crippen LogP contribution in [0.4, 0.5) is 14.6 Å². The van der Waals surface area contributed by atoms with Crippen molar-refractivity contribution in [1.29, 1.82) is 0 Å². The van der Waals surface area contributed by atoms with Crippen LogP contribution < -0.4 is 14.4 Å². The molecule has 36 heavy (non-hydrogen) atoms. The maximum Gasteiger partial charge on any atom is 0.255 e. The SMILES string of the molecule is C[C@H](CC(=O)N1CCOCC1)c1ccc(OC2CCN(c3ccc(OCC4CC4(F)F)cn3)C2)cc1. The quantitative estimate of drug-likeness (QED) is 0.515. The number of ether oxygens (including phenoxy) is 3. The minimum atomic E-state index is -2.57. The smallest absolute Gasteiger partial charge is 0.255 e. The Hall–Kier alpha value is -2.94. The van der Waals surface area contributed by atoms with Crippen LogP contribution in [-0.4, -0.2) is 73.8 Å². The lowest BCUT2D eigenvalue weighted by Gasteiger charge is -2.28. The molecule has 1 aliphatic carbocycles. The molecule has 3 fully saturated rings. The Balaban J connectivity index is 1.07. The van der Waals surface area contributed by atoms with Crippen LogP contribution in [-0.2, 0) is 9.53 Å². The second kappa shape index (κ2) is 10.6. The van der Waals surface area contributed by atoms with Crippen molar-refractivity contribution in [1.82, 2.24) is 9.88 Å². The summed E-state index contributed by atoms with van der Waals surface area (Å²) in [5.74, 6) is -0.799. The van der Waals surface area contributed by atoms with E-state index in [0.29, 0.717) is 45.0 Å². The molecule has 2 saturated heterocycles. The molecule has 0 radical (unpaired) electrons. The van der Waals surface area contributed by atoms with Gasteiger partial charge in [0.2, 0.25) is 5.91 Å². The number of pyridine rings is 1. The normalized spacial score (nSPS) is 23.9. The second-order valence-electron chi connectivity index (χ2n) is 9.97. The third kappa shape index (κ3) is 6.06. The van der Waals surface area contributed by atoms with E-state index in [1.807, 2.05) is 35.2 Å². The van der Waals surface area contributed by atoms with Gasteiger partial charge in [-0.3, -0.25) is 4.79 Å². The van der Waals surface area contributed by atoms with Crippen LogP contribution in [0.2, 0.25) is 0 Å². The summed E-state index contributed by atoms with van der Waals surface area (Å²) in [6.45, 7) is 6.22. The molecule has 5 rings (SSSR count). The lowest BCUT2D eigenvalue weighted by molar-refractivity contribution is -0.135. The van der Waals surface area contributed by atoms with Crippen molar-refractivity contribution in [2.75, 3.05) is 50.9 Å². The zero-order chi connectivity index (χ0) is 25.1. The number of benzene rings is 1. The van der Waals surface area contributed by atoms with Crippen molar-refractivity contribution in [3.05, 3.63) is 48.2 Å². The average Bonchev–Trinajstić information content (AvgIpc) is 3.26. The number of alkyl halides is 2. The largest absolute Gasteiger partial charge is 0.491 e. The Labute approximate surface area is 210 Å². The molecule has 1 aromatic carbocycles. The predicted molar refractivity (Wildman–Crippen MR) is 131 cm³/mol. The van der Waals surface area contributed by atoms with Crippen molar-refractivity contribution >= 4 is 11.7 Å². The Bertz CT molecular complexity index is 1030. The van der Waals surface area contributed by atoms with E-state index in [-0.39, 0.29) is 31.0 Å². The summed E-state index contributed by atoms with van der Waals surface area (Å²) in [5.41, 5.74) is 1.12. The van der Waals surface area contributed by atoms with Crippen molar-refractivity contribution in [2.24, 2.45) is 5.92 Å². The first-order valence-electron chi connectivity index (χ1n) is 12.7. The first-order chi connectivity index (χ1) is 17.4. The monoisotopic (exact) mass is 501 g/mol. The first-order valence-corrected chi connectivity index (χ1v) is 12.7. The van der Waals surface area contributed by atoms with Gasteiger partial charge in [-0.2, -0.15) is 0 Å². The number of carbonyl (C=O) groups excluding carboxylic acids is 1. The summed E-state index contributed by atoms with van der Waals surface area (Å²) in [6.07, 6.45) is 2.91. The number of anilines is 1. The molecule has 2 aliphatic heterocycles. The van der Waals surface area contributed by atoms with E-state index < -0.39 is 11.8 Å². The Morgan fingerprint density at radius 1 is 1.14 bits per heavy atom. The Morgan fingerprint density at radius 2 is 1.86 bits per heavy atom. The molecule has 1 amide bonds. The molecule has 3 aliphatic rings. The van der Waals surface area contributed by atoms with E-state index >= 15 is 0 Å². The fourth-order valence-corrected chi connectivity index (χ4v) is 4.71. The van der Waals surface area contributed by atoms with Crippen molar-refractivity contribution in [3.8, 4) is 11.5 Å². The highest BCUT2D eigenvalue weighted by Gasteiger charge is 2.57. The summed E-state index contributed by atoms with van der Waals surface area (Å²) >= 11 is 0. The van der Waals surface area contributed by atoms with Gasteiger partial charge in [0.15, 0.2) is 0 Å². The van der Waals surface area contributed by atoms with Crippen molar-refractivity contribution in [3.63, 3.8) is 0 Å². The molecule has 194 valence electrons. The molecule has 0 spiro atoms. The number of amides is 1. The maximum atomic E-state index is 13.0. The van der Waals surface area contributed by atoms with Gasteiger partial charge in [-0.25, -0.2) is 13.8 Å². The molecule has 2 aromatic rings. The van der Waals surface area contributed by atoms with Crippen LogP contribution >= 0.6 is 0 Å². The standard InChI is InChI=1S/C27H33F2N3O4/c1-19(14-26(33)31-10-12-34-13-11-31)20-2-4-22(5-3-20)36-24-8-9-32(17-24)25-7-6-23(16-30-25)35-18-21-15-27(21,28)29/h2-7,16,19,21,24H,8-15,17-18H2,1H3/t19-,21?,24?/m1/s1. The van der Waals surface area contributed by atoms with Crippen LogP contribution in [0.1, 0.15) is 37.7 Å². The van der Waals surface area contributed by atoms with Crippen LogP contribution in [0.25, 0.3) is 0 Å². The molecule has 0 bridgehead atoms. The molecule has 3 heterocycles. The molecule has 1 saturated carbocycles. The van der Waals surface area contributed by atoms with E-state index in [4.69, 9.17) is 14.2 Å². The molecule has 7 nitrogen and oxygen atoms in total. The number of rotatable bonds is 9. The Kier molecular flexibility index (Phi) is 7.27. The predicted octanol–water partition coefficient (Wildman–Crippen LogP) is 4.13. The number of nitrogens with zero attached hydrogens (tertiary/aromatic N) is 3. The van der Waals surface area contributed by atoms with Gasteiger partial charge >= 0.3 is 0 Å². The van der Waals surface area contributed by atoms with E-state index in [1.54, 1.807) is 12.3 Å². The van der Waals surface area contributed by atoms with Gasteiger partial charge in [-0.15, -0.1) is 0 Å². The third-order valence-corrected chi connectivity index (χ3v) is 7.19. The van der Waals surface area contributed by atoms with Gasteiger partial charge in [-0.1, -0.05) is 19.1 Å². The summed E-state index contributed by atoms with van der Waals surface area (Å²) in [5, 5.41) is 0. The maximum absolute atomic E-state index is 13.0. The van der Waals surface area contributed by atoms with Gasteiger partial charge in [0.05, 0.1) is 38.5 Å². The molecule has 1 aromatic heterocycles. The lowest BCUT2D eigenvalue weighted by Crippen LogP contribution is -2.41. The van der Waals surface area contributed by atoms with Crippen LogP contribution in [0.5, 0.6) is 11.5 Å². The Morgan fingerprint density at radius 3 is 2.53 bits per heavy atom. The summed E-state index contributed by atoms with van der Waals surface area (Å²) in [4.78, 5) is 21.0. The second-order valence-corrected chi connectivity index (χ2v) is 9.97. The van der Waals surface area contributed by atoms with Crippen LogP contribution in [0.15, 0.2) is 42.6 Å². The molecule has 2 unspecified atom stereocenters. The summed E-state index contributed by atoms with van der Waals surface area (Å²) < 4.78 is 43.0. The number of hydrogen-bond donors (Lipinski definition) is 0. The van der Waals surface area contributed by atoms with Gasteiger partial charge in [0.25, 0.3) is 5.92 Å². The number of carbonyl (C=O) groups is 1. The number of halogens is 2. The van der Waals surface area contributed by atoms with Gasteiger partial charge < -0.3 is 24.0 Å². The van der Waals surface area contributed by atoms with Gasteiger partial charge in [-0.05, 0) is 35.7 Å². The highest BCUT2D eigenvalue weighted by molar-refractivity contribution is 5.77. The number of aromatic nitrogens is 1. The topological polar surface area (TPSA) is 64.1 Å². The third-order valence-electron chi connectivity index (χ3n) is 7.19. The first kappa shape index (κ1) is 24.7. The number of hydrogen-bond acceptors (Lipinski definition) is 6. The van der Waals surface area contributed by atoms with E-state index in [1.165, 1.54) is 0 Å². The van der Waals surface area contributed by atoms with E-state index in [9.17, 15) is 13.6 Å². The van der Waals surface area contributed by atoms with Crippen LogP contribution in [0, 0.1) is 5.92 Å². The van der Waals surface area contributed by atoms with Gasteiger partial charge in [0, 0.05) is 38.9 Å². The fraction of sp³-hybridized carbons (Fsp3) is 0.556. The minimum absolute atomic E-state index is 0.0232. The average molecular weight is 502 g/mol. The molecular formula is C27H33F2N3O4. The van der Waals surface area contributed by atoms with Crippen molar-refractivity contribution in [2.45, 2.75) is 44.1 Å². The van der Waals surface area contributed by atoms with E-state index in [2.05, 4.69) is 16.8 Å². The number of morpholine rings is 1. The summed E-state index contributed by atoms with van der Waals surface area (Å²) in [7, 11) is 0. The van der Waals surface area contributed by atoms with Crippen molar-refractivity contribution < 1.29 is 27.8 Å². The highest BCUT2D eigenvalue weighted by atomic mass is 19.3. The zero-order valence-electron chi connectivity index (χ0n) is 20.6. The highest BCUT2D eigenvalue weighted by Crippen LogP contribution is 2.48. The molecule has 9 heteroatoms. The minimum Gasteiger partial charge on any atom is -0.491 e. The molecule has 3 atom stereocenters. The van der Waals surface area contributed by atoms with Gasteiger partial charge in [0.1, 0.15) is 23.4 Å². The fourth-order valence-electron chi connectivity index (χ4n) is 4.71. The molecule has 0 N–H and O–H groups in total. The van der Waals surface area contributed by atoms with E-state index in [0.717, 1.165) is 30.1 Å². The summed E-state index contributed by atoms with van der Waals surface area (Å²) in [6, 6.07) is 11.7. The lowest BCUT2D eigenvalue weighted by atomic mass is 9.97.